The Hall–Kier alpha value is -3.74. The van der Waals surface area contributed by atoms with Crippen molar-refractivity contribution in [2.45, 2.75) is 0 Å². The highest BCUT2D eigenvalue weighted by atomic mass is 31.2. The van der Waals surface area contributed by atoms with Crippen molar-refractivity contribution in [3.8, 4) is 0 Å². The molecule has 3 nitrogen and oxygen atoms in total. The van der Waals surface area contributed by atoms with Crippen molar-refractivity contribution in [1.29, 1.82) is 0 Å². The Balaban J connectivity index is 0.000000171. The molecule has 43 heavy (non-hydrogen) atoms. The quantitative estimate of drug-likeness (QED) is 0.241. The normalized spacial score (nSPS) is 10.7. The summed E-state index contributed by atoms with van der Waals surface area (Å²) in [5.41, 5.74) is 0. The third-order valence-electron chi connectivity index (χ3n) is 6.37. The topological polar surface area (TPSA) is 63.2 Å². The molecule has 6 aromatic rings. The molecule has 0 amide bonds. The highest BCUT2D eigenvalue weighted by Crippen LogP contribution is 2.33. The predicted molar refractivity (Wildman–Crippen MR) is 182 cm³/mol. The molecule has 0 aliphatic carbocycles. The summed E-state index contributed by atoms with van der Waals surface area (Å²) in [6, 6.07) is 65.0. The average molecular weight is 625 g/mol. The Bertz CT molecular complexity index is 1340. The van der Waals surface area contributed by atoms with Crippen molar-refractivity contribution in [3.63, 3.8) is 0 Å². The second-order valence-corrected chi connectivity index (χ2v) is 15.2. The van der Waals surface area contributed by atoms with Crippen LogP contribution in [0, 0.1) is 0 Å². The van der Waals surface area contributed by atoms with Crippen molar-refractivity contribution in [2.75, 3.05) is 0 Å². The minimum absolute atomic E-state index is 0.877. The third-order valence-corrected chi connectivity index (χ3v) is 11.8. The van der Waals surface area contributed by atoms with Gasteiger partial charge in [-0.3, -0.25) is 0 Å². The van der Waals surface area contributed by atoms with Crippen LogP contribution in [0.4, 0.5) is 4.20 Å². The molecular weight excluding hydrogens is 592 g/mol. The van der Waals surface area contributed by atoms with Crippen LogP contribution < -0.4 is 41.6 Å². The van der Waals surface area contributed by atoms with Crippen LogP contribution in [-0.2, 0) is 4.57 Å². The second-order valence-electron chi connectivity index (χ2n) is 9.38. The Morgan fingerprint density at radius 3 is 0.581 bits per heavy atom. The van der Waals surface area contributed by atoms with E-state index in [1.165, 1.54) is 31.8 Å². The van der Waals surface area contributed by atoms with Gasteiger partial charge in [0.2, 0.25) is 0 Å². The molecule has 216 valence electrons. The summed E-state index contributed by atoms with van der Waals surface area (Å²) in [5, 5.41) is 8.61. The second kappa shape index (κ2) is 16.8. The predicted octanol–water partition coefficient (Wildman–Crippen LogP) is 5.14. The Kier molecular flexibility index (Phi) is 12.6. The van der Waals surface area contributed by atoms with E-state index in [9.17, 15) is 4.20 Å². The van der Waals surface area contributed by atoms with Gasteiger partial charge in [0.1, 0.15) is 39.7 Å². The van der Waals surface area contributed by atoms with Gasteiger partial charge in [0.15, 0.2) is 0 Å². The van der Waals surface area contributed by atoms with Crippen LogP contribution in [0.5, 0.6) is 0 Å². The lowest BCUT2D eigenvalue weighted by Crippen LogP contribution is -2.20. The molecule has 0 aromatic heterocycles. The smallest absolute Gasteiger partial charge is 0.110 e. The largest absolute Gasteiger partial charge is 0.786 e. The highest BCUT2D eigenvalue weighted by Gasteiger charge is 2.25. The molecule has 0 fully saturated rings. The van der Waals surface area contributed by atoms with Crippen LogP contribution in [0.3, 0.4) is 0 Å². The first-order valence-corrected chi connectivity index (χ1v) is 18.1. The molecule has 0 N–H and O–H groups in total. The molecule has 6 rings (SSSR count). The van der Waals surface area contributed by atoms with Gasteiger partial charge >= 0.3 is 0 Å². The van der Waals surface area contributed by atoms with Crippen LogP contribution >= 0.6 is 23.7 Å². The molecule has 0 aliphatic rings. The molecule has 0 atom stereocenters. The number of halogens is 1. The first-order chi connectivity index (χ1) is 20.9. The molecule has 0 aliphatic heterocycles. The fraction of sp³-hybridized carbons (Fsp3) is 0. The fourth-order valence-corrected chi connectivity index (χ4v) is 9.78. The Morgan fingerprint density at radius 2 is 0.465 bits per heavy atom. The monoisotopic (exact) mass is 624 g/mol. The van der Waals surface area contributed by atoms with Crippen LogP contribution in [0.15, 0.2) is 182 Å². The Labute approximate surface area is 255 Å². The third kappa shape index (κ3) is 10.8. The highest BCUT2D eigenvalue weighted by molar-refractivity contribution is 7.80. The zero-order valence-corrected chi connectivity index (χ0v) is 26.3. The molecule has 0 saturated carbocycles. The molecule has 0 unspecified atom stereocenters. The summed E-state index contributed by atoms with van der Waals surface area (Å²) in [6.45, 7) is 0. The number of hydrogen-bond donors (Lipinski definition) is 0. The molecule has 0 bridgehead atoms. The van der Waals surface area contributed by atoms with Gasteiger partial charge in [-0.2, -0.15) is 0 Å². The lowest BCUT2D eigenvalue weighted by molar-refractivity contribution is -0.328. The van der Waals surface area contributed by atoms with E-state index in [4.69, 9.17) is 14.4 Å². The molecule has 6 aromatic carbocycles. The van der Waals surface area contributed by atoms with E-state index in [1.807, 2.05) is 0 Å². The van der Waals surface area contributed by atoms with Gasteiger partial charge in [0, 0.05) is 0 Å². The average Bonchev–Trinajstić information content (AvgIpc) is 3.04. The van der Waals surface area contributed by atoms with Gasteiger partial charge in [0.05, 0.1) is 15.8 Å². The maximum absolute atomic E-state index is 10.1. The van der Waals surface area contributed by atoms with Gasteiger partial charge in [-0.25, -0.2) is 4.20 Å². The van der Waals surface area contributed by atoms with E-state index >= 15 is 0 Å². The molecule has 0 heterocycles. The summed E-state index contributed by atoms with van der Waals surface area (Å²) >= 11 is 0. The van der Waals surface area contributed by atoms with Crippen molar-refractivity contribution < 1.29 is 18.5 Å². The van der Waals surface area contributed by atoms with Crippen molar-refractivity contribution in [1.82, 2.24) is 0 Å². The number of rotatable bonds is 6. The zero-order chi connectivity index (χ0) is 30.3. The summed E-state index contributed by atoms with van der Waals surface area (Å²) < 4.78 is 18.6. The van der Waals surface area contributed by atoms with E-state index < -0.39 is 23.7 Å². The minimum Gasteiger partial charge on any atom is -0.786 e. The molecule has 0 radical (unpaired) electrons. The maximum atomic E-state index is 10.1. The zero-order valence-electron chi connectivity index (χ0n) is 23.4. The maximum Gasteiger partial charge on any atom is 0.110 e. The van der Waals surface area contributed by atoms with Gasteiger partial charge in [-0.1, -0.05) is 109 Å². The SMILES string of the molecule is O=P([O-])([O-])F.c1ccc([PH+](c2ccccc2)c2ccccc2)cc1.c1ccc([PH+](c2ccccc2)c2ccccc2)cc1. The van der Waals surface area contributed by atoms with E-state index in [0.29, 0.717) is 0 Å². The van der Waals surface area contributed by atoms with Gasteiger partial charge in [-0.15, -0.1) is 0 Å². The summed E-state index contributed by atoms with van der Waals surface area (Å²) in [7, 11) is -7.39. The Morgan fingerprint density at radius 1 is 0.349 bits per heavy atom. The van der Waals surface area contributed by atoms with Gasteiger partial charge in [0.25, 0.3) is 0 Å². The fourth-order valence-electron chi connectivity index (χ4n) is 4.63. The first-order valence-electron chi connectivity index (χ1n) is 13.7. The first kappa shape index (κ1) is 32.2. The van der Waals surface area contributed by atoms with E-state index in [0.717, 1.165) is 0 Å². The van der Waals surface area contributed by atoms with Gasteiger partial charge < -0.3 is 14.4 Å². The molecular formula is C36H32FO3P3. The summed E-state index contributed by atoms with van der Waals surface area (Å²) in [4.78, 5) is 16.9. The van der Waals surface area contributed by atoms with Crippen LogP contribution in [0.2, 0.25) is 0 Å². The lowest BCUT2D eigenvalue weighted by Gasteiger charge is -2.15. The van der Waals surface area contributed by atoms with E-state index in [1.54, 1.807) is 0 Å². The summed E-state index contributed by atoms with van der Waals surface area (Å²) in [6.07, 6.45) is 0. The lowest BCUT2D eigenvalue weighted by atomic mass is 10.4. The van der Waals surface area contributed by atoms with Gasteiger partial charge in [-0.05, 0) is 72.8 Å². The standard InChI is InChI=1S/2C18H15P.FH2O3P/c2*1-4-10-16(11-5-1)19(17-12-6-2-7-13-17)18-14-8-3-9-15-18;1-5(2,3)4/h2*1-15H;(H2,2,3,4). The molecule has 7 heteroatoms. The van der Waals surface area contributed by atoms with Crippen molar-refractivity contribution in [2.24, 2.45) is 0 Å². The van der Waals surface area contributed by atoms with Crippen molar-refractivity contribution >= 4 is 55.6 Å². The van der Waals surface area contributed by atoms with Crippen LogP contribution in [0.25, 0.3) is 0 Å². The minimum atomic E-state index is -5.64. The summed E-state index contributed by atoms with van der Waals surface area (Å²) in [5.74, 6) is 0. The molecule has 0 spiro atoms. The van der Waals surface area contributed by atoms with Crippen LogP contribution in [0.1, 0.15) is 0 Å². The van der Waals surface area contributed by atoms with E-state index in [-0.39, 0.29) is 0 Å². The van der Waals surface area contributed by atoms with Crippen molar-refractivity contribution in [3.05, 3.63) is 182 Å². The number of benzene rings is 6. The van der Waals surface area contributed by atoms with E-state index in [2.05, 4.69) is 182 Å². The van der Waals surface area contributed by atoms with Crippen LogP contribution in [-0.4, -0.2) is 0 Å². The molecule has 0 saturated heterocycles. The number of hydrogen-bond acceptors (Lipinski definition) is 3.